The number of hydrogen-bond donors (Lipinski definition) is 1. The molecule has 1 heterocycles. The van der Waals surface area contributed by atoms with E-state index in [-0.39, 0.29) is 5.82 Å². The summed E-state index contributed by atoms with van der Waals surface area (Å²) in [7, 11) is 0. The molecule has 5 heteroatoms. The molecule has 0 atom stereocenters. The number of hydrogen-bond acceptors (Lipinski definition) is 1. The Morgan fingerprint density at radius 1 is 1.21 bits per heavy atom. The third-order valence-corrected chi connectivity index (χ3v) is 3.51. The first-order valence-corrected chi connectivity index (χ1v) is 6.52. The summed E-state index contributed by atoms with van der Waals surface area (Å²) in [6.07, 6.45) is 0. The van der Waals surface area contributed by atoms with Crippen molar-refractivity contribution in [1.29, 1.82) is 0 Å². The molecule has 0 aliphatic rings. The van der Waals surface area contributed by atoms with Crippen LogP contribution in [0.2, 0.25) is 5.02 Å². The van der Waals surface area contributed by atoms with Crippen LogP contribution in [0, 0.1) is 17.5 Å². The third kappa shape index (κ3) is 2.07. The number of nitrogens with zero attached hydrogens (tertiary/aromatic N) is 1. The van der Waals surface area contributed by atoms with Crippen LogP contribution in [0.1, 0.15) is 5.56 Å². The van der Waals surface area contributed by atoms with Gasteiger partial charge in [0.2, 0.25) is 0 Å². The van der Waals surface area contributed by atoms with Gasteiger partial charge in [-0.25, -0.2) is 4.39 Å². The molecule has 0 radical (unpaired) electrons. The van der Waals surface area contributed by atoms with Crippen molar-refractivity contribution in [3.63, 3.8) is 0 Å². The van der Waals surface area contributed by atoms with Crippen molar-refractivity contribution in [2.45, 2.75) is 6.92 Å². The Balaban J connectivity index is 2.39. The predicted molar refractivity (Wildman–Crippen MR) is 78.2 cm³/mol. The summed E-state index contributed by atoms with van der Waals surface area (Å²) >= 11 is 11.2. The second-order valence-corrected chi connectivity index (χ2v) is 5.21. The normalized spacial score (nSPS) is 11.1. The maximum atomic E-state index is 14.0. The monoisotopic (exact) mass is 292 g/mol. The van der Waals surface area contributed by atoms with Gasteiger partial charge in [0.1, 0.15) is 5.82 Å². The second-order valence-electron chi connectivity index (χ2n) is 4.38. The predicted octanol–water partition coefficient (Wildman–Crippen LogP) is 4.79. The van der Waals surface area contributed by atoms with Crippen molar-refractivity contribution >= 4 is 34.9 Å². The lowest BCUT2D eigenvalue weighted by molar-refractivity contribution is 0.618. The molecule has 96 valence electrons. The van der Waals surface area contributed by atoms with Crippen LogP contribution in [0.3, 0.4) is 0 Å². The van der Waals surface area contributed by atoms with Crippen molar-refractivity contribution in [3.05, 3.63) is 57.6 Å². The summed E-state index contributed by atoms with van der Waals surface area (Å²) in [5, 5.41) is 0.612. The molecule has 2 aromatic carbocycles. The second kappa shape index (κ2) is 4.47. The van der Waals surface area contributed by atoms with E-state index >= 15 is 0 Å². The van der Waals surface area contributed by atoms with Gasteiger partial charge in [-0.05, 0) is 55.0 Å². The van der Waals surface area contributed by atoms with Gasteiger partial charge in [0, 0.05) is 5.02 Å². The number of halogens is 2. The molecular weight excluding hydrogens is 283 g/mol. The molecule has 0 aliphatic heterocycles. The van der Waals surface area contributed by atoms with Gasteiger partial charge < -0.3 is 4.98 Å². The van der Waals surface area contributed by atoms with Gasteiger partial charge in [-0.1, -0.05) is 17.7 Å². The van der Waals surface area contributed by atoms with Crippen molar-refractivity contribution in [2.24, 2.45) is 0 Å². The number of H-pyrrole nitrogens is 1. The molecule has 0 unspecified atom stereocenters. The standard InChI is InChI=1S/C14H10ClFN2S/c1-8-2-4-10(16)13(6-8)18-12-5-3-9(15)7-11(12)17-14(18)19/h2-7H,1H3,(H,17,19). The van der Waals surface area contributed by atoms with Crippen molar-refractivity contribution in [3.8, 4) is 5.69 Å². The fourth-order valence-corrected chi connectivity index (χ4v) is 2.60. The minimum atomic E-state index is -0.308. The highest BCUT2D eigenvalue weighted by atomic mass is 35.5. The van der Waals surface area contributed by atoms with E-state index in [9.17, 15) is 4.39 Å². The van der Waals surface area contributed by atoms with Crippen LogP contribution in [0.4, 0.5) is 4.39 Å². The molecule has 0 saturated carbocycles. The van der Waals surface area contributed by atoms with Crippen LogP contribution in [-0.2, 0) is 0 Å². The van der Waals surface area contributed by atoms with Gasteiger partial charge in [-0.2, -0.15) is 0 Å². The van der Waals surface area contributed by atoms with Crippen molar-refractivity contribution in [2.75, 3.05) is 0 Å². The van der Waals surface area contributed by atoms with E-state index in [2.05, 4.69) is 4.98 Å². The number of imidazole rings is 1. The summed E-state index contributed by atoms with van der Waals surface area (Å²) in [6, 6.07) is 10.3. The van der Waals surface area contributed by atoms with Crippen LogP contribution in [-0.4, -0.2) is 9.55 Å². The topological polar surface area (TPSA) is 20.7 Å². The Morgan fingerprint density at radius 3 is 2.79 bits per heavy atom. The SMILES string of the molecule is Cc1ccc(F)c(-n2c(=S)[nH]c3cc(Cl)ccc32)c1. The van der Waals surface area contributed by atoms with Crippen LogP contribution in [0.15, 0.2) is 36.4 Å². The fraction of sp³-hybridized carbons (Fsp3) is 0.0714. The highest BCUT2D eigenvalue weighted by molar-refractivity contribution is 7.71. The zero-order valence-corrected chi connectivity index (χ0v) is 11.6. The van der Waals surface area contributed by atoms with Gasteiger partial charge in [0.05, 0.1) is 16.7 Å². The minimum Gasteiger partial charge on any atom is -0.330 e. The quantitative estimate of drug-likeness (QED) is 0.640. The average molecular weight is 293 g/mol. The summed E-state index contributed by atoms with van der Waals surface area (Å²) in [5.41, 5.74) is 3.01. The molecule has 0 bridgehead atoms. The number of aromatic nitrogens is 2. The highest BCUT2D eigenvalue weighted by Crippen LogP contribution is 2.24. The summed E-state index contributed by atoms with van der Waals surface area (Å²) in [6.45, 7) is 1.91. The maximum absolute atomic E-state index is 14.0. The molecule has 0 spiro atoms. The molecule has 0 fully saturated rings. The first kappa shape index (κ1) is 12.4. The summed E-state index contributed by atoms with van der Waals surface area (Å²) in [5.74, 6) is -0.308. The summed E-state index contributed by atoms with van der Waals surface area (Å²) in [4.78, 5) is 3.04. The molecule has 2 nitrogen and oxygen atoms in total. The average Bonchev–Trinajstić information content (AvgIpc) is 2.67. The maximum Gasteiger partial charge on any atom is 0.182 e. The van der Waals surface area contributed by atoms with Crippen LogP contribution < -0.4 is 0 Å². The van der Waals surface area contributed by atoms with Gasteiger partial charge in [0.15, 0.2) is 4.77 Å². The molecule has 0 aliphatic carbocycles. The lowest BCUT2D eigenvalue weighted by Crippen LogP contribution is -1.98. The van der Waals surface area contributed by atoms with Gasteiger partial charge >= 0.3 is 0 Å². The highest BCUT2D eigenvalue weighted by Gasteiger charge is 2.11. The largest absolute Gasteiger partial charge is 0.330 e. The molecule has 1 aromatic heterocycles. The zero-order valence-electron chi connectivity index (χ0n) is 10.1. The number of aryl methyl sites for hydroxylation is 1. The van der Waals surface area contributed by atoms with Crippen LogP contribution in [0.5, 0.6) is 0 Å². The lowest BCUT2D eigenvalue weighted by Gasteiger charge is -2.07. The number of rotatable bonds is 1. The van der Waals surface area contributed by atoms with Gasteiger partial charge in [0.25, 0.3) is 0 Å². The van der Waals surface area contributed by atoms with E-state index in [1.54, 1.807) is 28.8 Å². The van der Waals surface area contributed by atoms with Crippen LogP contribution in [0.25, 0.3) is 16.7 Å². The van der Waals surface area contributed by atoms with E-state index in [1.807, 2.05) is 13.0 Å². The Morgan fingerprint density at radius 2 is 2.00 bits per heavy atom. The van der Waals surface area contributed by atoms with E-state index in [0.29, 0.717) is 15.5 Å². The Hall–Kier alpha value is -1.65. The Bertz CT molecular complexity index is 835. The third-order valence-electron chi connectivity index (χ3n) is 2.99. The fourth-order valence-electron chi connectivity index (χ4n) is 2.12. The molecule has 3 aromatic rings. The van der Waals surface area contributed by atoms with E-state index in [4.69, 9.17) is 23.8 Å². The first-order valence-electron chi connectivity index (χ1n) is 5.73. The number of aromatic amines is 1. The van der Waals surface area contributed by atoms with E-state index < -0.39 is 0 Å². The van der Waals surface area contributed by atoms with E-state index in [0.717, 1.165) is 16.6 Å². The number of nitrogens with one attached hydrogen (secondary N) is 1. The smallest absolute Gasteiger partial charge is 0.182 e. The number of fused-ring (bicyclic) bond motifs is 1. The molecular formula is C14H10ClFN2S. The lowest BCUT2D eigenvalue weighted by atomic mass is 10.2. The molecule has 0 amide bonds. The summed E-state index contributed by atoms with van der Waals surface area (Å²) < 4.78 is 16.1. The molecule has 3 rings (SSSR count). The van der Waals surface area contributed by atoms with E-state index in [1.165, 1.54) is 6.07 Å². The van der Waals surface area contributed by atoms with Crippen molar-refractivity contribution < 1.29 is 4.39 Å². The Kier molecular flexibility index (Phi) is 2.92. The van der Waals surface area contributed by atoms with Gasteiger partial charge in [-0.15, -0.1) is 0 Å². The molecule has 0 saturated heterocycles. The first-order chi connectivity index (χ1) is 9.06. The molecule has 19 heavy (non-hydrogen) atoms. The zero-order chi connectivity index (χ0) is 13.6. The van der Waals surface area contributed by atoms with Gasteiger partial charge in [-0.3, -0.25) is 4.57 Å². The number of benzene rings is 2. The van der Waals surface area contributed by atoms with Crippen molar-refractivity contribution in [1.82, 2.24) is 9.55 Å². The molecule has 1 N–H and O–H groups in total. The Labute approximate surface area is 119 Å². The minimum absolute atomic E-state index is 0.308. The van der Waals surface area contributed by atoms with Crippen LogP contribution >= 0.6 is 23.8 Å².